The van der Waals surface area contributed by atoms with Crippen molar-refractivity contribution >= 4 is 22.7 Å². The van der Waals surface area contributed by atoms with Crippen LogP contribution in [0.3, 0.4) is 0 Å². The Morgan fingerprint density at radius 2 is 1.14 bits per heavy atom. The molecule has 5 aromatic rings. The van der Waals surface area contributed by atoms with Crippen molar-refractivity contribution in [1.29, 1.82) is 0 Å². The lowest BCUT2D eigenvalue weighted by Crippen LogP contribution is -2.31. The van der Waals surface area contributed by atoms with Gasteiger partial charge in [0.15, 0.2) is 0 Å². The molecule has 2 heteroatoms. The third-order valence-electron chi connectivity index (χ3n) is 15.6. The highest BCUT2D eigenvalue weighted by molar-refractivity contribution is 5.88. The predicted octanol–water partition coefficient (Wildman–Crippen LogP) is 17.4. The van der Waals surface area contributed by atoms with E-state index in [1.54, 1.807) is 5.56 Å². The Kier molecular flexibility index (Phi) is 11.2. The topological polar surface area (TPSA) is 6.48 Å². The van der Waals surface area contributed by atoms with Crippen LogP contribution in [0.1, 0.15) is 165 Å². The number of hydrogen-bond donors (Lipinski definition) is 0. The molecule has 3 unspecified atom stereocenters. The van der Waals surface area contributed by atoms with E-state index >= 15 is 0 Å². The summed E-state index contributed by atoms with van der Waals surface area (Å²) in [5, 5.41) is 0. The highest BCUT2D eigenvalue weighted by Gasteiger charge is 2.52. The zero-order chi connectivity index (χ0) is 45.6. The second-order valence-corrected chi connectivity index (χ2v) is 21.9. The van der Waals surface area contributed by atoms with Crippen LogP contribution >= 0.6 is 0 Å². The molecular weight excluding hydrogens is 773 g/mol. The third-order valence-corrected chi connectivity index (χ3v) is 15.6. The van der Waals surface area contributed by atoms with Crippen LogP contribution in [0.4, 0.5) is 22.7 Å². The van der Waals surface area contributed by atoms with Crippen molar-refractivity contribution in [2.24, 2.45) is 11.8 Å². The third kappa shape index (κ3) is 7.24. The van der Waals surface area contributed by atoms with E-state index in [0.29, 0.717) is 35.5 Å². The Bertz CT molecular complexity index is 2660. The molecule has 0 spiro atoms. The number of aryl methyl sites for hydroxylation is 1. The van der Waals surface area contributed by atoms with Gasteiger partial charge in [0.1, 0.15) is 0 Å². The zero-order valence-electron chi connectivity index (χ0n) is 41.3. The number of fused-ring (bicyclic) bond motifs is 7. The van der Waals surface area contributed by atoms with Gasteiger partial charge in [-0.2, -0.15) is 0 Å². The van der Waals surface area contributed by atoms with Gasteiger partial charge in [-0.1, -0.05) is 161 Å². The molecule has 0 amide bonds. The summed E-state index contributed by atoms with van der Waals surface area (Å²) in [7, 11) is 0. The van der Waals surface area contributed by atoms with Crippen LogP contribution in [0, 0.1) is 18.8 Å². The van der Waals surface area contributed by atoms with Crippen molar-refractivity contribution in [3.05, 3.63) is 189 Å². The van der Waals surface area contributed by atoms with Crippen molar-refractivity contribution in [3.8, 4) is 11.1 Å². The molecule has 0 bridgehead atoms. The van der Waals surface area contributed by atoms with Gasteiger partial charge < -0.3 is 9.80 Å². The van der Waals surface area contributed by atoms with E-state index in [-0.39, 0.29) is 16.9 Å². The number of anilines is 4. The zero-order valence-corrected chi connectivity index (χ0v) is 41.3. The first-order valence-corrected chi connectivity index (χ1v) is 24.4. The maximum atomic E-state index is 2.63. The molecule has 2 nitrogen and oxygen atoms in total. The monoisotopic (exact) mass is 845 g/mol. The van der Waals surface area contributed by atoms with Gasteiger partial charge in [0, 0.05) is 39.8 Å². The van der Waals surface area contributed by atoms with E-state index in [0.717, 1.165) is 6.42 Å². The van der Waals surface area contributed by atoms with Gasteiger partial charge in [-0.25, -0.2) is 0 Å². The first-order chi connectivity index (χ1) is 30.4. The molecule has 4 aliphatic carbocycles. The fourth-order valence-electron chi connectivity index (χ4n) is 11.9. The van der Waals surface area contributed by atoms with Crippen molar-refractivity contribution < 1.29 is 0 Å². The summed E-state index contributed by atoms with van der Waals surface area (Å²) in [4.78, 5) is 5.12. The molecule has 0 aliphatic heterocycles. The van der Waals surface area contributed by atoms with Gasteiger partial charge in [0.05, 0.1) is 6.04 Å². The highest BCUT2D eigenvalue weighted by atomic mass is 15.2. The molecule has 9 rings (SSSR count). The Morgan fingerprint density at radius 3 is 1.64 bits per heavy atom. The fraction of sp³-hybridized carbons (Fsp3) is 0.387. The molecule has 0 fully saturated rings. The van der Waals surface area contributed by atoms with Gasteiger partial charge in [0.25, 0.3) is 0 Å². The Balaban J connectivity index is 1.14. The molecule has 0 saturated heterocycles. The Hall–Kier alpha value is -5.34. The van der Waals surface area contributed by atoms with Gasteiger partial charge in [-0.3, -0.25) is 0 Å². The van der Waals surface area contributed by atoms with Crippen molar-refractivity contribution in [1.82, 2.24) is 0 Å². The molecule has 0 heterocycles. The van der Waals surface area contributed by atoms with Crippen LogP contribution in [0.25, 0.3) is 11.1 Å². The lowest BCUT2D eigenvalue weighted by Gasteiger charge is -2.37. The first kappa shape index (κ1) is 43.9. The summed E-state index contributed by atoms with van der Waals surface area (Å²) in [5.41, 5.74) is 23.2. The highest BCUT2D eigenvalue weighted by Crippen LogP contribution is 2.63. The number of benzene rings is 5. The van der Waals surface area contributed by atoms with E-state index in [1.807, 2.05) is 0 Å². The lowest BCUT2D eigenvalue weighted by atomic mass is 9.69. The van der Waals surface area contributed by atoms with Crippen molar-refractivity contribution in [2.45, 2.75) is 144 Å². The summed E-state index contributed by atoms with van der Waals surface area (Å²) in [6.07, 6.45) is 13.4. The summed E-state index contributed by atoms with van der Waals surface area (Å²) in [5.74, 6) is 2.63. The summed E-state index contributed by atoms with van der Waals surface area (Å²) >= 11 is 0. The van der Waals surface area contributed by atoms with Crippen LogP contribution in [-0.4, -0.2) is 6.04 Å². The maximum Gasteiger partial charge on any atom is 0.0560 e. The molecule has 3 atom stereocenters. The number of nitrogens with zero attached hydrogens (tertiary/aromatic N) is 2. The van der Waals surface area contributed by atoms with Gasteiger partial charge in [-0.15, -0.1) is 0 Å². The smallest absolute Gasteiger partial charge is 0.0560 e. The normalized spacial score (nSPS) is 20.2. The minimum absolute atomic E-state index is 0.103. The second-order valence-electron chi connectivity index (χ2n) is 21.9. The Morgan fingerprint density at radius 1 is 0.594 bits per heavy atom. The molecule has 0 aromatic heterocycles. The van der Waals surface area contributed by atoms with Gasteiger partial charge in [-0.05, 0) is 171 Å². The molecule has 0 saturated carbocycles. The van der Waals surface area contributed by atoms with E-state index in [2.05, 4.69) is 234 Å². The summed E-state index contributed by atoms with van der Waals surface area (Å²) in [6.45, 7) is 33.1. The van der Waals surface area contributed by atoms with Gasteiger partial charge >= 0.3 is 0 Å². The lowest BCUT2D eigenvalue weighted by molar-refractivity contribution is 0.380. The Labute approximate surface area is 386 Å². The quantitative estimate of drug-likeness (QED) is 0.138. The largest absolute Gasteiger partial charge is 0.334 e. The molecular formula is C62H72N2. The average Bonchev–Trinajstić information content (AvgIpc) is 3.64. The van der Waals surface area contributed by atoms with E-state index in [4.69, 9.17) is 0 Å². The average molecular weight is 845 g/mol. The SMILES string of the molecule is CC1=CC(N(c2ccc(C(C)C)cc2)c2ccc(C(C)C)cc2)=CC2C1c1ccc3c(c1C2(C)C)C(C)(C)c1cc(N(c2ccc(C(C)C)cc2)C2C=CC(C(C)C)=CC2)cc(C)c1-3. The van der Waals surface area contributed by atoms with Crippen LogP contribution < -0.4 is 9.80 Å². The first-order valence-electron chi connectivity index (χ1n) is 24.4. The van der Waals surface area contributed by atoms with Crippen LogP contribution in [0.2, 0.25) is 0 Å². The fourth-order valence-corrected chi connectivity index (χ4v) is 11.9. The summed E-state index contributed by atoms with van der Waals surface area (Å²) in [6, 6.07) is 38.2. The molecule has 64 heavy (non-hydrogen) atoms. The van der Waals surface area contributed by atoms with Crippen LogP contribution in [0.15, 0.2) is 144 Å². The molecule has 0 radical (unpaired) electrons. The van der Waals surface area contributed by atoms with Crippen molar-refractivity contribution in [2.75, 3.05) is 9.80 Å². The van der Waals surface area contributed by atoms with Crippen molar-refractivity contribution in [3.63, 3.8) is 0 Å². The molecule has 4 aliphatic rings. The number of hydrogen-bond acceptors (Lipinski definition) is 2. The number of rotatable bonds is 10. The minimum atomic E-state index is -0.186. The standard InChI is InChI=1S/C62H72N2/c1-37(2)43-15-23-47(24-16-43)63(48-25-17-44(18-26-48)38(3)4)51-33-41(9)57-53-31-32-54-58-42(10)34-52(36-56(58)62(13,14)60(54)59(53)61(11,12)55(57)35-51)64(49-27-19-45(20-28-49)39(5)6)50-29-21-46(22-30-50)40(7)8/h15-29,31-40,50,55,57H,30H2,1-14H3. The molecule has 330 valence electrons. The van der Waals surface area contributed by atoms with Crippen LogP contribution in [-0.2, 0) is 10.8 Å². The van der Waals surface area contributed by atoms with E-state index < -0.39 is 0 Å². The predicted molar refractivity (Wildman–Crippen MR) is 276 cm³/mol. The molecule has 0 N–H and O–H groups in total. The minimum Gasteiger partial charge on any atom is -0.334 e. The van der Waals surface area contributed by atoms with E-state index in [9.17, 15) is 0 Å². The number of allylic oxidation sites excluding steroid dienone is 5. The van der Waals surface area contributed by atoms with Crippen LogP contribution in [0.5, 0.6) is 0 Å². The van der Waals surface area contributed by atoms with E-state index in [1.165, 1.54) is 89.7 Å². The maximum absolute atomic E-state index is 2.63. The van der Waals surface area contributed by atoms with Gasteiger partial charge in [0.2, 0.25) is 0 Å². The second kappa shape index (κ2) is 16.3. The molecule has 5 aromatic carbocycles. The summed E-state index contributed by atoms with van der Waals surface area (Å²) < 4.78 is 0.